The number of ether oxygens (including phenoxy) is 3. The van der Waals surface area contributed by atoms with Crippen molar-refractivity contribution in [1.82, 2.24) is 9.21 Å². The number of carbonyl (C=O) groups is 1. The maximum atomic E-state index is 13.1. The third-order valence-electron chi connectivity index (χ3n) is 5.28. The van der Waals surface area contributed by atoms with Gasteiger partial charge >= 0.3 is 6.09 Å². The minimum Gasteiger partial charge on any atom is -0.497 e. The maximum Gasteiger partial charge on any atom is 0.413 e. The smallest absolute Gasteiger partial charge is 0.413 e. The Labute approximate surface area is 184 Å². The van der Waals surface area contributed by atoms with Gasteiger partial charge in [-0.2, -0.15) is 4.31 Å². The average molecular weight is 453 g/mol. The first-order chi connectivity index (χ1) is 14.3. The van der Waals surface area contributed by atoms with Gasteiger partial charge < -0.3 is 14.2 Å². The third kappa shape index (κ3) is 5.22. The molecule has 0 N–H and O–H groups in total. The fraction of sp³-hybridized carbons (Fsp3) is 0.591. The van der Waals surface area contributed by atoms with Gasteiger partial charge in [-0.1, -0.05) is 12.1 Å². The van der Waals surface area contributed by atoms with E-state index in [1.54, 1.807) is 47.8 Å². The highest BCUT2D eigenvalue weighted by molar-refractivity contribution is 7.93. The van der Waals surface area contributed by atoms with Crippen molar-refractivity contribution in [3.63, 3.8) is 0 Å². The molecule has 2 fully saturated rings. The van der Waals surface area contributed by atoms with Gasteiger partial charge in [0, 0.05) is 13.1 Å². The lowest BCUT2D eigenvalue weighted by Gasteiger charge is -2.34. The molecule has 0 radical (unpaired) electrons. The van der Waals surface area contributed by atoms with Crippen LogP contribution in [-0.4, -0.2) is 61.3 Å². The summed E-state index contributed by atoms with van der Waals surface area (Å²) >= 11 is 0. The average Bonchev–Trinajstić information content (AvgIpc) is 3.10. The molecule has 8 nitrogen and oxygen atoms in total. The van der Waals surface area contributed by atoms with Crippen molar-refractivity contribution < 1.29 is 27.4 Å². The second-order valence-corrected chi connectivity index (χ2v) is 11.2. The predicted molar refractivity (Wildman–Crippen MR) is 117 cm³/mol. The summed E-state index contributed by atoms with van der Waals surface area (Å²) in [6.07, 6.45) is 1.50. The molecule has 0 spiro atoms. The first-order valence-corrected chi connectivity index (χ1v) is 11.8. The van der Waals surface area contributed by atoms with Crippen LogP contribution >= 0.6 is 0 Å². The van der Waals surface area contributed by atoms with E-state index < -0.39 is 33.5 Å². The summed E-state index contributed by atoms with van der Waals surface area (Å²) in [5.41, 5.74) is -0.677. The van der Waals surface area contributed by atoms with Crippen molar-refractivity contribution in [1.29, 1.82) is 0 Å². The summed E-state index contributed by atoms with van der Waals surface area (Å²) in [5, 5.41) is 0. The van der Waals surface area contributed by atoms with Gasteiger partial charge in [0.1, 0.15) is 17.1 Å². The Kier molecular flexibility index (Phi) is 6.42. The number of nitrogens with zero attached hydrogens (tertiary/aromatic N) is 2. The number of carbonyl (C=O) groups excluding carboxylic acids is 1. The van der Waals surface area contributed by atoms with Crippen molar-refractivity contribution in [2.24, 2.45) is 0 Å². The molecule has 3 rings (SSSR count). The van der Waals surface area contributed by atoms with E-state index in [0.29, 0.717) is 17.9 Å². The monoisotopic (exact) mass is 452 g/mol. The lowest BCUT2D eigenvalue weighted by Crippen LogP contribution is -2.49. The maximum absolute atomic E-state index is 13.1. The van der Waals surface area contributed by atoms with Crippen LogP contribution in [0.2, 0.25) is 0 Å². The lowest BCUT2D eigenvalue weighted by atomic mass is 10.2. The number of benzene rings is 1. The van der Waals surface area contributed by atoms with Crippen LogP contribution in [0.5, 0.6) is 5.75 Å². The molecule has 0 bridgehead atoms. The highest BCUT2D eigenvalue weighted by Crippen LogP contribution is 2.34. The number of sulfonamides is 1. The second kappa shape index (κ2) is 8.44. The summed E-state index contributed by atoms with van der Waals surface area (Å²) < 4.78 is 44.2. The van der Waals surface area contributed by atoms with E-state index in [1.807, 2.05) is 24.3 Å². The zero-order valence-electron chi connectivity index (χ0n) is 19.0. The van der Waals surface area contributed by atoms with Gasteiger partial charge in [-0.25, -0.2) is 13.2 Å². The molecular weight excluding hydrogens is 420 g/mol. The molecule has 0 aliphatic carbocycles. The van der Waals surface area contributed by atoms with Gasteiger partial charge in [-0.15, -0.1) is 0 Å². The Morgan fingerprint density at radius 1 is 1.26 bits per heavy atom. The lowest BCUT2D eigenvalue weighted by molar-refractivity contribution is -0.0610. The molecule has 2 heterocycles. The Morgan fingerprint density at radius 2 is 1.90 bits per heavy atom. The van der Waals surface area contributed by atoms with E-state index >= 15 is 0 Å². The molecule has 2 aliphatic rings. The number of amides is 1. The first kappa shape index (κ1) is 23.6. The van der Waals surface area contributed by atoms with Crippen LogP contribution in [0.15, 0.2) is 35.2 Å². The standard InChI is InChI=1S/C22H32N2O6S/c1-21(2,3)30-20(25)24-17(15-29-22(24,4)5)13-19-11-12-23(31(19,26)27)14-16-7-9-18(28-6)10-8-16/h7-10,13,17H,11-12,14-15H2,1-6H3/t17-/m0/s1. The normalized spacial score (nSPS) is 24.5. The molecule has 172 valence electrons. The van der Waals surface area contributed by atoms with Crippen molar-refractivity contribution in [3.05, 3.63) is 40.8 Å². The number of hydrogen-bond donors (Lipinski definition) is 0. The molecule has 1 amide bonds. The highest BCUT2D eigenvalue weighted by atomic mass is 32.2. The van der Waals surface area contributed by atoms with Crippen molar-refractivity contribution in [2.75, 3.05) is 20.3 Å². The Hall–Kier alpha value is -2.10. The van der Waals surface area contributed by atoms with E-state index in [4.69, 9.17) is 14.2 Å². The van der Waals surface area contributed by atoms with Crippen LogP contribution in [-0.2, 0) is 26.0 Å². The molecule has 31 heavy (non-hydrogen) atoms. The molecule has 1 atom stereocenters. The molecule has 0 saturated carbocycles. The molecular formula is C22H32N2O6S. The highest BCUT2D eigenvalue weighted by Gasteiger charge is 2.46. The number of methoxy groups -OCH3 is 1. The Morgan fingerprint density at radius 3 is 2.48 bits per heavy atom. The van der Waals surface area contributed by atoms with Crippen molar-refractivity contribution in [2.45, 2.75) is 65.0 Å². The predicted octanol–water partition coefficient (Wildman–Crippen LogP) is 3.49. The van der Waals surface area contributed by atoms with Crippen LogP contribution in [0.1, 0.15) is 46.6 Å². The number of rotatable bonds is 4. The summed E-state index contributed by atoms with van der Waals surface area (Å²) in [6, 6.07) is 6.81. The zero-order valence-corrected chi connectivity index (χ0v) is 19.9. The van der Waals surface area contributed by atoms with E-state index in [0.717, 1.165) is 11.3 Å². The molecule has 2 saturated heterocycles. The van der Waals surface area contributed by atoms with Crippen LogP contribution < -0.4 is 4.74 Å². The largest absolute Gasteiger partial charge is 0.497 e. The molecule has 9 heteroatoms. The van der Waals surface area contributed by atoms with Crippen LogP contribution in [0, 0.1) is 0 Å². The van der Waals surface area contributed by atoms with Crippen molar-refractivity contribution in [3.8, 4) is 5.75 Å². The van der Waals surface area contributed by atoms with Crippen LogP contribution in [0.4, 0.5) is 4.79 Å². The summed E-state index contributed by atoms with van der Waals surface area (Å²) in [6.45, 7) is 9.81. The summed E-state index contributed by atoms with van der Waals surface area (Å²) in [7, 11) is -2.03. The van der Waals surface area contributed by atoms with E-state index in [9.17, 15) is 13.2 Å². The number of hydrogen-bond acceptors (Lipinski definition) is 6. The van der Waals surface area contributed by atoms with Gasteiger partial charge in [0.2, 0.25) is 10.0 Å². The SMILES string of the molecule is COc1ccc(CN2CCC(=C[C@H]3COC(C)(C)N3C(=O)OC(C)(C)C)S2(=O)=O)cc1. The summed E-state index contributed by atoms with van der Waals surface area (Å²) in [4.78, 5) is 14.6. The molecule has 0 unspecified atom stereocenters. The minimum absolute atomic E-state index is 0.212. The third-order valence-corrected chi connectivity index (χ3v) is 7.28. The Bertz CT molecular complexity index is 947. The van der Waals surface area contributed by atoms with Crippen LogP contribution in [0.25, 0.3) is 0 Å². The Balaban J connectivity index is 1.79. The molecule has 1 aromatic carbocycles. The quantitative estimate of drug-likeness (QED) is 0.695. The van der Waals surface area contributed by atoms with Gasteiger partial charge in [-0.05, 0) is 64.8 Å². The van der Waals surface area contributed by atoms with Crippen LogP contribution in [0.3, 0.4) is 0 Å². The second-order valence-electron chi connectivity index (χ2n) is 9.25. The topological polar surface area (TPSA) is 85.4 Å². The fourth-order valence-corrected chi connectivity index (χ4v) is 5.41. The van der Waals surface area contributed by atoms with E-state index in [1.165, 1.54) is 9.21 Å². The van der Waals surface area contributed by atoms with E-state index in [2.05, 4.69) is 0 Å². The van der Waals surface area contributed by atoms with Crippen molar-refractivity contribution >= 4 is 16.1 Å². The van der Waals surface area contributed by atoms with Gasteiger partial charge in [-0.3, -0.25) is 4.90 Å². The zero-order chi connectivity index (χ0) is 23.0. The minimum atomic E-state index is -3.62. The summed E-state index contributed by atoms with van der Waals surface area (Å²) in [5.74, 6) is 0.722. The van der Waals surface area contributed by atoms with E-state index in [-0.39, 0.29) is 13.2 Å². The molecule has 2 aliphatic heterocycles. The molecule has 1 aromatic rings. The fourth-order valence-electron chi connectivity index (χ4n) is 3.75. The first-order valence-electron chi connectivity index (χ1n) is 10.3. The van der Waals surface area contributed by atoms with Gasteiger partial charge in [0.05, 0.1) is 24.7 Å². The molecule has 0 aromatic heterocycles. The van der Waals surface area contributed by atoms with Gasteiger partial charge in [0.15, 0.2) is 0 Å². The van der Waals surface area contributed by atoms with Gasteiger partial charge in [0.25, 0.3) is 0 Å².